The molecular weight excluding hydrogens is 128 g/mol. The van der Waals surface area contributed by atoms with Gasteiger partial charge >= 0.3 is 0 Å². The Morgan fingerprint density at radius 2 is 2.60 bits per heavy atom. The standard InChI is InChI=1S/C6H6N4/c1-8-5-2-3-6(4-5)9-10-7/h4,6H,2-3H2. The highest BCUT2D eigenvalue weighted by Gasteiger charge is 2.13. The van der Waals surface area contributed by atoms with E-state index in [4.69, 9.17) is 12.1 Å². The van der Waals surface area contributed by atoms with Crippen molar-refractivity contribution in [3.63, 3.8) is 0 Å². The molecule has 4 nitrogen and oxygen atoms in total. The van der Waals surface area contributed by atoms with Gasteiger partial charge in [0, 0.05) is 11.0 Å². The SMILES string of the molecule is [C-]#[N+]C1=CC(N=[N+]=[N-])CC1. The quantitative estimate of drug-likeness (QED) is 0.228. The Hall–Kier alpha value is -1.46. The molecule has 0 radical (unpaired) electrons. The van der Waals surface area contributed by atoms with Crippen LogP contribution in [0, 0.1) is 6.57 Å². The Morgan fingerprint density at radius 3 is 3.10 bits per heavy atom. The van der Waals surface area contributed by atoms with Gasteiger partial charge in [0.05, 0.1) is 6.57 Å². The minimum Gasteiger partial charge on any atom is -0.243 e. The molecule has 50 valence electrons. The van der Waals surface area contributed by atoms with Crippen LogP contribution in [0.3, 0.4) is 0 Å². The van der Waals surface area contributed by atoms with Gasteiger partial charge in [-0.1, -0.05) is 11.2 Å². The van der Waals surface area contributed by atoms with E-state index in [0.29, 0.717) is 0 Å². The van der Waals surface area contributed by atoms with Gasteiger partial charge in [-0.05, 0) is 18.4 Å². The highest BCUT2D eigenvalue weighted by Crippen LogP contribution is 2.21. The molecule has 1 aliphatic rings. The molecule has 1 atom stereocenters. The topological polar surface area (TPSA) is 53.1 Å². The Bertz CT molecular complexity index is 241. The van der Waals surface area contributed by atoms with Gasteiger partial charge in [-0.3, -0.25) is 0 Å². The van der Waals surface area contributed by atoms with Crippen molar-refractivity contribution < 1.29 is 0 Å². The number of azide groups is 1. The molecule has 0 aromatic heterocycles. The Morgan fingerprint density at radius 1 is 1.80 bits per heavy atom. The predicted molar refractivity (Wildman–Crippen MR) is 36.9 cm³/mol. The van der Waals surface area contributed by atoms with E-state index in [2.05, 4.69) is 14.9 Å². The first kappa shape index (κ1) is 6.66. The van der Waals surface area contributed by atoms with E-state index in [1.165, 1.54) is 0 Å². The lowest BCUT2D eigenvalue weighted by atomic mass is 10.3. The third-order valence-corrected chi connectivity index (χ3v) is 1.42. The molecule has 1 aliphatic carbocycles. The summed E-state index contributed by atoms with van der Waals surface area (Å²) in [5.41, 5.74) is 8.76. The largest absolute Gasteiger partial charge is 0.243 e. The smallest absolute Gasteiger partial charge is 0.162 e. The molecule has 0 saturated heterocycles. The molecule has 0 saturated carbocycles. The number of nitrogens with zero attached hydrogens (tertiary/aromatic N) is 4. The van der Waals surface area contributed by atoms with Crippen LogP contribution in [-0.2, 0) is 0 Å². The molecule has 0 heterocycles. The van der Waals surface area contributed by atoms with Crippen molar-refractivity contribution in [2.75, 3.05) is 0 Å². The van der Waals surface area contributed by atoms with Crippen molar-refractivity contribution >= 4 is 0 Å². The fourth-order valence-corrected chi connectivity index (χ4v) is 0.935. The second-order valence-corrected chi connectivity index (χ2v) is 2.08. The fraction of sp³-hybridized carbons (Fsp3) is 0.500. The summed E-state index contributed by atoms with van der Waals surface area (Å²) >= 11 is 0. The third-order valence-electron chi connectivity index (χ3n) is 1.42. The zero-order chi connectivity index (χ0) is 7.40. The minimum absolute atomic E-state index is 0.0749. The normalized spacial score (nSPS) is 22.7. The lowest BCUT2D eigenvalue weighted by Gasteiger charge is -1.91. The molecule has 1 unspecified atom stereocenters. The average Bonchev–Trinajstić information content (AvgIpc) is 2.37. The van der Waals surface area contributed by atoms with Gasteiger partial charge in [-0.2, -0.15) is 0 Å². The van der Waals surface area contributed by atoms with E-state index >= 15 is 0 Å². The van der Waals surface area contributed by atoms with Crippen LogP contribution in [0.15, 0.2) is 16.9 Å². The van der Waals surface area contributed by atoms with E-state index in [-0.39, 0.29) is 6.04 Å². The van der Waals surface area contributed by atoms with Gasteiger partial charge in [-0.25, -0.2) is 4.85 Å². The predicted octanol–water partition coefficient (Wildman–Crippen LogP) is 2.26. The van der Waals surface area contributed by atoms with Gasteiger partial charge in [0.1, 0.15) is 0 Å². The molecule has 0 amide bonds. The first-order chi connectivity index (χ1) is 4.86. The van der Waals surface area contributed by atoms with Crippen molar-refractivity contribution in [3.8, 4) is 0 Å². The summed E-state index contributed by atoms with van der Waals surface area (Å²) in [5.74, 6) is 0. The van der Waals surface area contributed by atoms with Gasteiger partial charge in [-0.15, -0.1) is 0 Å². The van der Waals surface area contributed by atoms with Crippen molar-refractivity contribution in [3.05, 3.63) is 33.6 Å². The fourth-order valence-electron chi connectivity index (χ4n) is 0.935. The summed E-state index contributed by atoms with van der Waals surface area (Å²) in [6, 6.07) is -0.0749. The van der Waals surface area contributed by atoms with Crippen LogP contribution in [0.5, 0.6) is 0 Å². The molecule has 0 fully saturated rings. The number of allylic oxidation sites excluding steroid dienone is 1. The second kappa shape index (κ2) is 2.90. The molecule has 4 heteroatoms. The molecule has 0 aromatic carbocycles. The monoisotopic (exact) mass is 134 g/mol. The molecule has 0 aliphatic heterocycles. The van der Waals surface area contributed by atoms with Crippen LogP contribution in [-0.4, -0.2) is 6.04 Å². The van der Waals surface area contributed by atoms with Gasteiger partial charge in [0.15, 0.2) is 5.70 Å². The van der Waals surface area contributed by atoms with Gasteiger partial charge < -0.3 is 0 Å². The zero-order valence-corrected chi connectivity index (χ0v) is 5.36. The van der Waals surface area contributed by atoms with Crippen LogP contribution in [0.25, 0.3) is 15.3 Å². The summed E-state index contributed by atoms with van der Waals surface area (Å²) in [7, 11) is 0. The summed E-state index contributed by atoms with van der Waals surface area (Å²) in [4.78, 5) is 5.91. The van der Waals surface area contributed by atoms with Crippen molar-refractivity contribution in [2.45, 2.75) is 18.9 Å². The summed E-state index contributed by atoms with van der Waals surface area (Å²) in [5, 5.41) is 3.48. The van der Waals surface area contributed by atoms with Crippen LogP contribution in [0.2, 0.25) is 0 Å². The average molecular weight is 134 g/mol. The van der Waals surface area contributed by atoms with E-state index < -0.39 is 0 Å². The van der Waals surface area contributed by atoms with Crippen molar-refractivity contribution in [1.29, 1.82) is 0 Å². The maximum atomic E-state index is 8.04. The Labute approximate surface area is 58.6 Å². The van der Waals surface area contributed by atoms with Crippen LogP contribution in [0.4, 0.5) is 0 Å². The zero-order valence-electron chi connectivity index (χ0n) is 5.36. The summed E-state index contributed by atoms with van der Waals surface area (Å²) in [6.07, 6.45) is 3.28. The first-order valence-electron chi connectivity index (χ1n) is 2.99. The van der Waals surface area contributed by atoms with Crippen LogP contribution >= 0.6 is 0 Å². The highest BCUT2D eigenvalue weighted by molar-refractivity contribution is 5.19. The molecule has 10 heavy (non-hydrogen) atoms. The highest BCUT2D eigenvalue weighted by atomic mass is 15.1. The number of rotatable bonds is 1. The maximum absolute atomic E-state index is 8.04. The number of hydrogen-bond acceptors (Lipinski definition) is 1. The van der Waals surface area contributed by atoms with Gasteiger partial charge in [0.2, 0.25) is 0 Å². The molecule has 0 spiro atoms. The van der Waals surface area contributed by atoms with Gasteiger partial charge in [0.25, 0.3) is 0 Å². The first-order valence-corrected chi connectivity index (χ1v) is 2.99. The Balaban J connectivity index is 2.65. The van der Waals surface area contributed by atoms with E-state index in [1.54, 1.807) is 6.08 Å². The summed E-state index contributed by atoms with van der Waals surface area (Å²) in [6.45, 7) is 6.64. The lowest BCUT2D eigenvalue weighted by molar-refractivity contribution is 0.770. The molecule has 0 bridgehead atoms. The second-order valence-electron chi connectivity index (χ2n) is 2.08. The summed E-state index contributed by atoms with van der Waals surface area (Å²) < 4.78 is 0. The van der Waals surface area contributed by atoms with E-state index in [0.717, 1.165) is 18.5 Å². The van der Waals surface area contributed by atoms with Crippen molar-refractivity contribution in [1.82, 2.24) is 0 Å². The number of hydrogen-bond donors (Lipinski definition) is 0. The van der Waals surface area contributed by atoms with Crippen molar-refractivity contribution in [2.24, 2.45) is 5.11 Å². The molecule has 1 rings (SSSR count). The third kappa shape index (κ3) is 1.28. The van der Waals surface area contributed by atoms with E-state index in [9.17, 15) is 0 Å². The van der Waals surface area contributed by atoms with Crippen LogP contribution < -0.4 is 0 Å². The Kier molecular flexibility index (Phi) is 1.93. The molecule has 0 N–H and O–H groups in total. The van der Waals surface area contributed by atoms with E-state index in [1.807, 2.05) is 0 Å². The minimum atomic E-state index is -0.0749. The van der Waals surface area contributed by atoms with Crippen LogP contribution in [0.1, 0.15) is 12.8 Å². The molecular formula is C6H6N4. The maximum Gasteiger partial charge on any atom is 0.162 e. The lowest BCUT2D eigenvalue weighted by Crippen LogP contribution is -1.89. The molecule has 0 aromatic rings.